The lowest BCUT2D eigenvalue weighted by molar-refractivity contribution is 0.0673. The number of halogens is 1. The van der Waals surface area contributed by atoms with Gasteiger partial charge < -0.3 is 19.4 Å². The molecule has 1 atom stereocenters. The maximum Gasteiger partial charge on any atom is 0.259 e. The predicted octanol–water partition coefficient (Wildman–Crippen LogP) is 4.62. The fourth-order valence-electron chi connectivity index (χ4n) is 4.40. The third-order valence-electron chi connectivity index (χ3n) is 6.16. The lowest BCUT2D eigenvalue weighted by atomic mass is 10.1. The number of nitrogens with zero attached hydrogens (tertiary/aromatic N) is 3. The minimum Gasteiger partial charge on any atom is -0.490 e. The van der Waals surface area contributed by atoms with Crippen LogP contribution in [0.4, 0.5) is 10.1 Å². The van der Waals surface area contributed by atoms with E-state index in [2.05, 4.69) is 15.5 Å². The Bertz CT molecular complexity index is 1140. The largest absolute Gasteiger partial charge is 0.490 e. The first-order chi connectivity index (χ1) is 16.2. The molecule has 5 rings (SSSR count). The summed E-state index contributed by atoms with van der Waals surface area (Å²) in [5.74, 6) is 1.16. The molecular formula is C25H27FN4O3. The second kappa shape index (κ2) is 9.70. The zero-order valence-electron chi connectivity index (χ0n) is 18.4. The molecule has 2 aromatic carbocycles. The fourth-order valence-corrected chi connectivity index (χ4v) is 4.40. The van der Waals surface area contributed by atoms with Crippen molar-refractivity contribution in [2.24, 2.45) is 0 Å². The van der Waals surface area contributed by atoms with Crippen LogP contribution >= 0.6 is 0 Å². The molecule has 1 amide bonds. The Morgan fingerprint density at radius 2 is 2.06 bits per heavy atom. The van der Waals surface area contributed by atoms with E-state index in [-0.39, 0.29) is 12.0 Å². The van der Waals surface area contributed by atoms with Crippen molar-refractivity contribution >= 4 is 11.6 Å². The predicted molar refractivity (Wildman–Crippen MR) is 122 cm³/mol. The lowest BCUT2D eigenvalue weighted by Crippen LogP contribution is -2.19. The number of anilines is 1. The van der Waals surface area contributed by atoms with Crippen LogP contribution in [0.5, 0.6) is 5.75 Å². The van der Waals surface area contributed by atoms with E-state index in [0.717, 1.165) is 57.5 Å². The Hall–Kier alpha value is -3.26. The van der Waals surface area contributed by atoms with Gasteiger partial charge in [-0.25, -0.2) is 4.39 Å². The zero-order chi connectivity index (χ0) is 22.6. The first-order valence-corrected chi connectivity index (χ1v) is 11.6. The van der Waals surface area contributed by atoms with Crippen LogP contribution < -0.4 is 10.1 Å². The van der Waals surface area contributed by atoms with Crippen LogP contribution in [-0.2, 0) is 17.7 Å². The van der Waals surface area contributed by atoms with Gasteiger partial charge in [-0.3, -0.25) is 4.79 Å². The highest BCUT2D eigenvalue weighted by Gasteiger charge is 2.21. The molecule has 0 bridgehead atoms. The Labute approximate surface area is 191 Å². The average Bonchev–Trinajstić information content (AvgIpc) is 3.44. The molecule has 7 nitrogen and oxygen atoms in total. The second-order valence-corrected chi connectivity index (χ2v) is 8.49. The molecule has 1 fully saturated rings. The van der Waals surface area contributed by atoms with Gasteiger partial charge in [0.25, 0.3) is 5.91 Å². The summed E-state index contributed by atoms with van der Waals surface area (Å²) in [6, 6.07) is 11.6. The van der Waals surface area contributed by atoms with E-state index in [1.807, 2.05) is 10.6 Å². The smallest absolute Gasteiger partial charge is 0.259 e. The standard InChI is InChI=1S/C25H27FN4O3/c26-21-12-11-17(15-20(21)24-29-28-23-10-2-1-5-13-30(23)24)27-25(31)19-8-3-4-9-22(19)33-16-18-7-6-14-32-18/h3-4,8-9,11-12,15,18H,1-2,5-7,10,13-14,16H2,(H,27,31). The summed E-state index contributed by atoms with van der Waals surface area (Å²) in [5, 5.41) is 11.4. The third kappa shape index (κ3) is 4.75. The lowest BCUT2D eigenvalue weighted by Gasteiger charge is -2.15. The number of rotatable bonds is 6. The van der Waals surface area contributed by atoms with Gasteiger partial charge in [-0.05, 0) is 56.0 Å². The quantitative estimate of drug-likeness (QED) is 0.593. The number of carbonyl (C=O) groups excluding carboxylic acids is 1. The van der Waals surface area contributed by atoms with Gasteiger partial charge in [-0.15, -0.1) is 10.2 Å². The Morgan fingerprint density at radius 3 is 2.94 bits per heavy atom. The number of amides is 1. The molecule has 3 heterocycles. The maximum absolute atomic E-state index is 14.8. The number of ether oxygens (including phenoxy) is 2. The summed E-state index contributed by atoms with van der Waals surface area (Å²) in [4.78, 5) is 13.0. The number of nitrogens with one attached hydrogen (secondary N) is 1. The highest BCUT2D eigenvalue weighted by molar-refractivity contribution is 6.06. The van der Waals surface area contributed by atoms with Crippen molar-refractivity contribution in [1.82, 2.24) is 14.8 Å². The van der Waals surface area contributed by atoms with Crippen LogP contribution in [0.2, 0.25) is 0 Å². The molecule has 1 unspecified atom stereocenters. The van der Waals surface area contributed by atoms with Gasteiger partial charge >= 0.3 is 0 Å². The molecule has 2 aliphatic rings. The maximum atomic E-state index is 14.8. The number of hydrogen-bond acceptors (Lipinski definition) is 5. The van der Waals surface area contributed by atoms with E-state index < -0.39 is 5.82 Å². The summed E-state index contributed by atoms with van der Waals surface area (Å²) in [6.07, 6.45) is 6.07. The first-order valence-electron chi connectivity index (χ1n) is 11.6. The molecule has 33 heavy (non-hydrogen) atoms. The molecule has 172 valence electrons. The van der Waals surface area contributed by atoms with Gasteiger partial charge in [-0.2, -0.15) is 0 Å². The summed E-state index contributed by atoms with van der Waals surface area (Å²) in [7, 11) is 0. The van der Waals surface area contributed by atoms with E-state index >= 15 is 0 Å². The van der Waals surface area contributed by atoms with Crippen LogP contribution in [0.15, 0.2) is 42.5 Å². The molecule has 8 heteroatoms. The molecule has 0 spiro atoms. The van der Waals surface area contributed by atoms with E-state index in [1.165, 1.54) is 6.07 Å². The normalized spacial score (nSPS) is 17.9. The van der Waals surface area contributed by atoms with Crippen LogP contribution in [0.1, 0.15) is 48.3 Å². The number of carbonyl (C=O) groups is 1. The molecule has 3 aromatic rings. The number of fused-ring (bicyclic) bond motifs is 1. The van der Waals surface area contributed by atoms with Crippen molar-refractivity contribution in [3.8, 4) is 17.1 Å². The van der Waals surface area contributed by atoms with Crippen molar-refractivity contribution in [1.29, 1.82) is 0 Å². The van der Waals surface area contributed by atoms with Gasteiger partial charge in [0, 0.05) is 25.3 Å². The number of benzene rings is 2. The molecule has 2 aliphatic heterocycles. The summed E-state index contributed by atoms with van der Waals surface area (Å²) in [5.41, 5.74) is 1.23. The first kappa shape index (κ1) is 21.6. The van der Waals surface area contributed by atoms with E-state index in [4.69, 9.17) is 9.47 Å². The highest BCUT2D eigenvalue weighted by Crippen LogP contribution is 2.28. The highest BCUT2D eigenvalue weighted by atomic mass is 19.1. The van der Waals surface area contributed by atoms with Crippen molar-refractivity contribution < 1.29 is 18.7 Å². The van der Waals surface area contributed by atoms with Crippen LogP contribution in [0.3, 0.4) is 0 Å². The molecule has 0 saturated carbocycles. The van der Waals surface area contributed by atoms with Gasteiger partial charge in [0.15, 0.2) is 5.82 Å². The summed E-state index contributed by atoms with van der Waals surface area (Å²) >= 11 is 0. The van der Waals surface area contributed by atoms with Gasteiger partial charge in [-0.1, -0.05) is 18.6 Å². The van der Waals surface area contributed by atoms with Gasteiger partial charge in [0.2, 0.25) is 0 Å². The van der Waals surface area contributed by atoms with Crippen molar-refractivity contribution in [3.05, 3.63) is 59.7 Å². The Morgan fingerprint density at radius 1 is 1.15 bits per heavy atom. The minimum absolute atomic E-state index is 0.0547. The van der Waals surface area contributed by atoms with Crippen molar-refractivity contribution in [2.75, 3.05) is 18.5 Å². The van der Waals surface area contributed by atoms with E-state index in [0.29, 0.717) is 35.0 Å². The summed E-state index contributed by atoms with van der Waals surface area (Å²) < 4.78 is 28.2. The topological polar surface area (TPSA) is 78.3 Å². The van der Waals surface area contributed by atoms with Gasteiger partial charge in [0.1, 0.15) is 24.0 Å². The number of para-hydroxylation sites is 1. The summed E-state index contributed by atoms with van der Waals surface area (Å²) in [6.45, 7) is 1.92. The zero-order valence-corrected chi connectivity index (χ0v) is 18.4. The Kier molecular flexibility index (Phi) is 6.35. The monoisotopic (exact) mass is 450 g/mol. The van der Waals surface area contributed by atoms with Crippen LogP contribution in [-0.4, -0.2) is 40.0 Å². The number of aromatic nitrogens is 3. The SMILES string of the molecule is O=C(Nc1ccc(F)c(-c2nnc3n2CCCCC3)c1)c1ccccc1OCC1CCCO1. The minimum atomic E-state index is -0.396. The molecular weight excluding hydrogens is 423 g/mol. The van der Waals surface area contributed by atoms with Crippen LogP contribution in [0.25, 0.3) is 11.4 Å². The van der Waals surface area contributed by atoms with E-state index in [1.54, 1.807) is 30.3 Å². The molecule has 0 aliphatic carbocycles. The van der Waals surface area contributed by atoms with Crippen molar-refractivity contribution in [3.63, 3.8) is 0 Å². The average molecular weight is 451 g/mol. The molecule has 1 aromatic heterocycles. The van der Waals surface area contributed by atoms with Crippen LogP contribution in [0, 0.1) is 5.82 Å². The number of aryl methyl sites for hydroxylation is 1. The Balaban J connectivity index is 1.35. The van der Waals surface area contributed by atoms with Crippen molar-refractivity contribution in [2.45, 2.75) is 51.2 Å². The van der Waals surface area contributed by atoms with Gasteiger partial charge in [0.05, 0.1) is 17.2 Å². The molecule has 1 N–H and O–H groups in total. The molecule has 0 radical (unpaired) electrons. The van der Waals surface area contributed by atoms with E-state index in [9.17, 15) is 9.18 Å². The third-order valence-corrected chi connectivity index (χ3v) is 6.16. The number of hydrogen-bond donors (Lipinski definition) is 1. The fraction of sp³-hybridized carbons (Fsp3) is 0.400. The molecule has 1 saturated heterocycles. The second-order valence-electron chi connectivity index (χ2n) is 8.49.